The molecule has 21 heavy (non-hydrogen) atoms. The van der Waals surface area contributed by atoms with Crippen molar-refractivity contribution in [3.63, 3.8) is 0 Å². The molecule has 4 heteroatoms. The van der Waals surface area contributed by atoms with Crippen molar-refractivity contribution in [2.75, 3.05) is 0 Å². The number of nitrogens with two attached hydrogens (primary N) is 1. The predicted molar refractivity (Wildman–Crippen MR) is 90.5 cm³/mol. The second-order valence-corrected chi connectivity index (χ2v) is 7.32. The van der Waals surface area contributed by atoms with Gasteiger partial charge in [0, 0.05) is 17.5 Å². The van der Waals surface area contributed by atoms with E-state index < -0.39 is 0 Å². The molecule has 3 N–H and O–H groups in total. The number of rotatable bonds is 3. The zero-order chi connectivity index (χ0) is 15.6. The zero-order valence-corrected chi connectivity index (χ0v) is 13.8. The highest BCUT2D eigenvalue weighted by atomic mass is 32.1. The smallest absolute Gasteiger partial charge is 0.251 e. The van der Waals surface area contributed by atoms with Crippen molar-refractivity contribution < 1.29 is 4.79 Å². The molecule has 1 aromatic carbocycles. The van der Waals surface area contributed by atoms with Crippen LogP contribution in [0.2, 0.25) is 0 Å². The quantitative estimate of drug-likeness (QED) is 0.843. The fourth-order valence-corrected chi connectivity index (χ4v) is 3.13. The Labute approximate surface area is 132 Å². The lowest BCUT2D eigenvalue weighted by atomic mass is 9.86. The summed E-state index contributed by atoms with van der Waals surface area (Å²) in [4.78, 5) is 12.8. The van der Waals surface area contributed by atoms with Gasteiger partial charge in [-0.15, -0.1) is 0 Å². The maximum absolute atomic E-state index is 12.3. The van der Waals surface area contributed by atoms with Crippen molar-refractivity contribution in [3.05, 3.63) is 35.4 Å². The molecule has 1 amide bonds. The summed E-state index contributed by atoms with van der Waals surface area (Å²) in [7, 11) is 0. The normalized spacial score (nSPS) is 22.0. The second kappa shape index (κ2) is 6.14. The summed E-state index contributed by atoms with van der Waals surface area (Å²) in [6.07, 6.45) is 2.99. The lowest BCUT2D eigenvalue weighted by Gasteiger charge is -2.21. The van der Waals surface area contributed by atoms with E-state index in [1.165, 1.54) is 5.56 Å². The van der Waals surface area contributed by atoms with E-state index in [2.05, 4.69) is 26.1 Å². The molecule has 2 unspecified atom stereocenters. The van der Waals surface area contributed by atoms with Gasteiger partial charge in [-0.1, -0.05) is 51.5 Å². The lowest BCUT2D eigenvalue weighted by Crippen LogP contribution is -2.41. The van der Waals surface area contributed by atoms with Crippen LogP contribution in [0.3, 0.4) is 0 Å². The van der Waals surface area contributed by atoms with Crippen LogP contribution in [0.4, 0.5) is 0 Å². The van der Waals surface area contributed by atoms with Crippen molar-refractivity contribution in [1.29, 1.82) is 0 Å². The first-order valence-corrected chi connectivity index (χ1v) is 7.90. The van der Waals surface area contributed by atoms with Gasteiger partial charge in [-0.3, -0.25) is 4.79 Å². The highest BCUT2D eigenvalue weighted by Crippen LogP contribution is 2.26. The van der Waals surface area contributed by atoms with Gasteiger partial charge in [-0.05, 0) is 36.0 Å². The Morgan fingerprint density at radius 1 is 1.24 bits per heavy atom. The molecule has 3 nitrogen and oxygen atoms in total. The van der Waals surface area contributed by atoms with Crippen molar-refractivity contribution in [2.24, 2.45) is 11.7 Å². The average molecular weight is 304 g/mol. The molecule has 0 bridgehead atoms. The third-order valence-electron chi connectivity index (χ3n) is 4.21. The molecule has 1 saturated carbocycles. The van der Waals surface area contributed by atoms with Crippen LogP contribution in [-0.4, -0.2) is 16.9 Å². The fraction of sp³-hybridized carbons (Fsp3) is 0.529. The van der Waals surface area contributed by atoms with Crippen LogP contribution in [0.25, 0.3) is 0 Å². The summed E-state index contributed by atoms with van der Waals surface area (Å²) in [5.41, 5.74) is 7.76. The molecule has 2 rings (SSSR count). The monoisotopic (exact) mass is 304 g/mol. The Bertz CT molecular complexity index is 531. The summed E-state index contributed by atoms with van der Waals surface area (Å²) < 4.78 is 0. The van der Waals surface area contributed by atoms with E-state index >= 15 is 0 Å². The first kappa shape index (κ1) is 16.0. The highest BCUT2D eigenvalue weighted by Gasteiger charge is 2.30. The maximum Gasteiger partial charge on any atom is 0.251 e. The maximum atomic E-state index is 12.3. The molecule has 0 aromatic heterocycles. The largest absolute Gasteiger partial charge is 0.393 e. The predicted octanol–water partition coefficient (Wildman–Crippen LogP) is 3.17. The lowest BCUT2D eigenvalue weighted by molar-refractivity contribution is 0.0933. The van der Waals surface area contributed by atoms with Gasteiger partial charge in [0.05, 0.1) is 4.99 Å². The number of amides is 1. The fourth-order valence-electron chi connectivity index (χ4n) is 2.85. The number of thiocarbonyl (C=S) groups is 1. The molecule has 1 aliphatic carbocycles. The molecule has 1 aromatic rings. The molecule has 0 aliphatic heterocycles. The Morgan fingerprint density at radius 2 is 1.86 bits per heavy atom. The highest BCUT2D eigenvalue weighted by molar-refractivity contribution is 7.80. The van der Waals surface area contributed by atoms with E-state index in [9.17, 15) is 4.79 Å². The Kier molecular flexibility index (Phi) is 4.67. The summed E-state index contributed by atoms with van der Waals surface area (Å²) >= 11 is 5.09. The van der Waals surface area contributed by atoms with E-state index in [-0.39, 0.29) is 23.3 Å². The molecule has 1 fully saturated rings. The van der Waals surface area contributed by atoms with Gasteiger partial charge >= 0.3 is 0 Å². The van der Waals surface area contributed by atoms with E-state index in [1.54, 1.807) is 0 Å². The number of carbonyl (C=O) groups excluding carboxylic acids is 1. The minimum absolute atomic E-state index is 0.0383. The Hall–Kier alpha value is -1.42. The number of benzene rings is 1. The first-order chi connectivity index (χ1) is 9.79. The minimum Gasteiger partial charge on any atom is -0.393 e. The minimum atomic E-state index is -0.0383. The van der Waals surface area contributed by atoms with E-state index in [0.717, 1.165) is 19.3 Å². The third-order valence-corrected chi connectivity index (χ3v) is 4.51. The molecular weight excluding hydrogens is 280 g/mol. The Balaban J connectivity index is 2.05. The van der Waals surface area contributed by atoms with Gasteiger partial charge in [0.1, 0.15) is 0 Å². The molecule has 0 saturated heterocycles. The molecule has 2 atom stereocenters. The van der Waals surface area contributed by atoms with Gasteiger partial charge in [-0.25, -0.2) is 0 Å². The van der Waals surface area contributed by atoms with Crippen LogP contribution in [0, 0.1) is 5.92 Å². The Morgan fingerprint density at radius 3 is 2.38 bits per heavy atom. The topological polar surface area (TPSA) is 55.1 Å². The third kappa shape index (κ3) is 3.82. The van der Waals surface area contributed by atoms with Crippen LogP contribution >= 0.6 is 12.2 Å². The molecule has 1 aliphatic rings. The van der Waals surface area contributed by atoms with Crippen molar-refractivity contribution in [3.8, 4) is 0 Å². The van der Waals surface area contributed by atoms with Gasteiger partial charge in [0.15, 0.2) is 0 Å². The first-order valence-electron chi connectivity index (χ1n) is 7.50. The van der Waals surface area contributed by atoms with Crippen LogP contribution in [0.1, 0.15) is 56.0 Å². The molecule has 0 heterocycles. The molecule has 0 radical (unpaired) electrons. The van der Waals surface area contributed by atoms with Gasteiger partial charge in [0.2, 0.25) is 0 Å². The van der Waals surface area contributed by atoms with Gasteiger partial charge in [-0.2, -0.15) is 0 Å². The van der Waals surface area contributed by atoms with Crippen molar-refractivity contribution in [1.82, 2.24) is 5.32 Å². The number of nitrogens with one attached hydrogen (secondary N) is 1. The molecular formula is C17H24N2OS. The summed E-state index contributed by atoms with van der Waals surface area (Å²) in [5.74, 6) is 0.0985. The standard InChI is InChI=1S/C17H24N2OS/c1-17(2,3)12-9-7-11(8-10-12)16(20)19-14-6-4-5-13(14)15(18)21/h7-10,13-14H,4-6H2,1-3H3,(H2,18,21)(H,19,20). The van der Waals surface area contributed by atoms with Crippen LogP contribution in [0.15, 0.2) is 24.3 Å². The average Bonchev–Trinajstić information content (AvgIpc) is 2.86. The summed E-state index contributed by atoms with van der Waals surface area (Å²) in [6, 6.07) is 7.90. The number of hydrogen-bond acceptors (Lipinski definition) is 2. The van der Waals surface area contributed by atoms with Crippen LogP contribution in [0.5, 0.6) is 0 Å². The van der Waals surface area contributed by atoms with Crippen LogP contribution in [-0.2, 0) is 5.41 Å². The van der Waals surface area contributed by atoms with E-state index in [4.69, 9.17) is 18.0 Å². The molecule has 0 spiro atoms. The molecule has 114 valence electrons. The zero-order valence-electron chi connectivity index (χ0n) is 13.0. The van der Waals surface area contributed by atoms with Crippen LogP contribution < -0.4 is 11.1 Å². The second-order valence-electron chi connectivity index (χ2n) is 6.85. The number of carbonyl (C=O) groups is 1. The van der Waals surface area contributed by atoms with E-state index in [1.807, 2.05) is 24.3 Å². The van der Waals surface area contributed by atoms with Gasteiger partial charge < -0.3 is 11.1 Å². The summed E-state index contributed by atoms with van der Waals surface area (Å²) in [5, 5.41) is 3.08. The van der Waals surface area contributed by atoms with Gasteiger partial charge in [0.25, 0.3) is 5.91 Å². The van der Waals surface area contributed by atoms with Crippen molar-refractivity contribution >= 4 is 23.1 Å². The van der Waals surface area contributed by atoms with E-state index in [0.29, 0.717) is 10.6 Å². The van der Waals surface area contributed by atoms with Crippen molar-refractivity contribution in [2.45, 2.75) is 51.5 Å². The summed E-state index contributed by atoms with van der Waals surface area (Å²) in [6.45, 7) is 6.48. The number of hydrogen-bond donors (Lipinski definition) is 2. The SMILES string of the molecule is CC(C)(C)c1ccc(C(=O)NC2CCCC2C(N)=S)cc1.